The fourth-order valence-electron chi connectivity index (χ4n) is 2.15. The highest BCUT2D eigenvalue weighted by atomic mass is 32.1. The maximum atomic E-state index is 12.0. The number of carboxylic acids is 1. The van der Waals surface area contributed by atoms with Crippen LogP contribution in [0.1, 0.15) is 16.2 Å². The van der Waals surface area contributed by atoms with Crippen LogP contribution in [0.5, 0.6) is 5.75 Å². The molecule has 0 aliphatic carbocycles. The van der Waals surface area contributed by atoms with Crippen LogP contribution in [0.25, 0.3) is 20.8 Å². The molecule has 8 nitrogen and oxygen atoms in total. The number of carbonyl (C=O) groups excluding carboxylic acids is 1. The number of hydrogen-bond acceptors (Lipinski definition) is 7. The van der Waals surface area contributed by atoms with Crippen LogP contribution in [0.3, 0.4) is 0 Å². The standard InChI is InChI=1S/C16H10N4O4S/c17-6-9-11-14(25-16(20-11)8-4-2-1-3-5-8)13(23)12(19-9)15(24)18-7-10(21)22/h1-5,23H,7H2,(H,18,24)(H,21,22). The van der Waals surface area contributed by atoms with Crippen molar-refractivity contribution in [2.24, 2.45) is 0 Å². The zero-order valence-corrected chi connectivity index (χ0v) is 13.4. The third-order valence-electron chi connectivity index (χ3n) is 3.26. The number of thiazole rings is 1. The third kappa shape index (κ3) is 3.11. The minimum absolute atomic E-state index is 0.119. The molecule has 0 spiro atoms. The molecular weight excluding hydrogens is 344 g/mol. The first-order valence-corrected chi connectivity index (χ1v) is 7.82. The van der Waals surface area contributed by atoms with E-state index in [2.05, 4.69) is 15.3 Å². The lowest BCUT2D eigenvalue weighted by Gasteiger charge is -2.05. The molecule has 0 bridgehead atoms. The zero-order chi connectivity index (χ0) is 18.0. The molecule has 0 aliphatic rings. The van der Waals surface area contributed by atoms with Gasteiger partial charge in [-0.15, -0.1) is 11.3 Å². The molecule has 0 unspecified atom stereocenters. The van der Waals surface area contributed by atoms with E-state index in [9.17, 15) is 20.0 Å². The van der Waals surface area contributed by atoms with Gasteiger partial charge in [0.2, 0.25) is 0 Å². The van der Waals surface area contributed by atoms with Crippen molar-refractivity contribution in [1.29, 1.82) is 5.26 Å². The number of aromatic nitrogens is 2. The minimum Gasteiger partial charge on any atom is -0.504 e. The van der Waals surface area contributed by atoms with E-state index in [1.54, 1.807) is 0 Å². The Balaban J connectivity index is 2.13. The summed E-state index contributed by atoms with van der Waals surface area (Å²) in [6, 6.07) is 11.0. The normalized spacial score (nSPS) is 10.4. The van der Waals surface area contributed by atoms with Gasteiger partial charge in [-0.2, -0.15) is 5.26 Å². The number of aliphatic carboxylic acids is 1. The largest absolute Gasteiger partial charge is 0.504 e. The van der Waals surface area contributed by atoms with Gasteiger partial charge in [-0.1, -0.05) is 30.3 Å². The summed E-state index contributed by atoms with van der Waals surface area (Å²) in [5, 5.41) is 30.9. The van der Waals surface area contributed by atoms with Crippen LogP contribution in [0.2, 0.25) is 0 Å². The molecule has 0 atom stereocenters. The molecule has 3 N–H and O–H groups in total. The Labute approximate surface area is 145 Å². The van der Waals surface area contributed by atoms with Gasteiger partial charge in [0.15, 0.2) is 17.1 Å². The molecule has 0 radical (unpaired) electrons. The Morgan fingerprint density at radius 2 is 1.96 bits per heavy atom. The second kappa shape index (κ2) is 6.54. The molecule has 9 heteroatoms. The molecule has 0 aliphatic heterocycles. The van der Waals surface area contributed by atoms with E-state index >= 15 is 0 Å². The van der Waals surface area contributed by atoms with Gasteiger partial charge < -0.3 is 15.5 Å². The number of fused-ring (bicyclic) bond motifs is 1. The van der Waals surface area contributed by atoms with Crippen molar-refractivity contribution in [3.8, 4) is 22.4 Å². The molecule has 0 saturated heterocycles. The Morgan fingerprint density at radius 3 is 2.60 bits per heavy atom. The van der Waals surface area contributed by atoms with E-state index in [1.807, 2.05) is 36.4 Å². The van der Waals surface area contributed by atoms with Gasteiger partial charge in [-0.05, 0) is 0 Å². The highest BCUT2D eigenvalue weighted by molar-refractivity contribution is 7.22. The number of carboxylic acid groups (broad SMARTS) is 1. The van der Waals surface area contributed by atoms with E-state index in [0.717, 1.165) is 16.9 Å². The highest BCUT2D eigenvalue weighted by Gasteiger charge is 2.23. The first kappa shape index (κ1) is 16.4. The number of aromatic hydroxyl groups is 1. The van der Waals surface area contributed by atoms with Crippen LogP contribution < -0.4 is 5.32 Å². The predicted octanol–water partition coefficient (Wildman–Crippen LogP) is 1.75. The molecule has 25 heavy (non-hydrogen) atoms. The molecule has 2 aromatic heterocycles. The summed E-state index contributed by atoms with van der Waals surface area (Å²) in [6.07, 6.45) is 0. The van der Waals surface area contributed by atoms with E-state index in [1.165, 1.54) is 0 Å². The van der Waals surface area contributed by atoms with Crippen molar-refractivity contribution in [1.82, 2.24) is 15.3 Å². The average molecular weight is 354 g/mol. The van der Waals surface area contributed by atoms with Gasteiger partial charge in [0.25, 0.3) is 5.91 Å². The summed E-state index contributed by atoms with van der Waals surface area (Å²) in [5.41, 5.74) is 0.461. The van der Waals surface area contributed by atoms with Gasteiger partial charge in [0.1, 0.15) is 27.8 Å². The number of rotatable bonds is 4. The molecule has 0 fully saturated rings. The smallest absolute Gasteiger partial charge is 0.322 e. The monoisotopic (exact) mass is 354 g/mol. The van der Waals surface area contributed by atoms with Crippen LogP contribution in [0.15, 0.2) is 30.3 Å². The Bertz CT molecular complexity index is 1020. The van der Waals surface area contributed by atoms with Crippen LogP contribution >= 0.6 is 11.3 Å². The molecule has 124 valence electrons. The highest BCUT2D eigenvalue weighted by Crippen LogP contribution is 2.37. The van der Waals surface area contributed by atoms with Gasteiger partial charge in [-0.3, -0.25) is 9.59 Å². The number of benzene rings is 1. The first-order valence-electron chi connectivity index (χ1n) is 7.00. The second-order valence-electron chi connectivity index (χ2n) is 4.91. The number of carbonyl (C=O) groups is 2. The lowest BCUT2D eigenvalue weighted by molar-refractivity contribution is -0.135. The summed E-state index contributed by atoms with van der Waals surface area (Å²) in [5.74, 6) is -2.55. The second-order valence-corrected chi connectivity index (χ2v) is 5.91. The number of amides is 1. The summed E-state index contributed by atoms with van der Waals surface area (Å²) < 4.78 is 0.242. The summed E-state index contributed by atoms with van der Waals surface area (Å²) >= 11 is 1.11. The van der Waals surface area contributed by atoms with Crippen LogP contribution in [0.4, 0.5) is 0 Å². The van der Waals surface area contributed by atoms with E-state index in [4.69, 9.17) is 5.11 Å². The molecule has 3 rings (SSSR count). The first-order chi connectivity index (χ1) is 12.0. The molecule has 3 aromatic rings. The Kier molecular flexibility index (Phi) is 4.28. The van der Waals surface area contributed by atoms with Crippen LogP contribution in [-0.2, 0) is 4.79 Å². The fraction of sp³-hybridized carbons (Fsp3) is 0.0625. The van der Waals surface area contributed by atoms with E-state index in [-0.39, 0.29) is 15.9 Å². The van der Waals surface area contributed by atoms with Gasteiger partial charge >= 0.3 is 5.97 Å². The topological polar surface area (TPSA) is 136 Å². The molecular formula is C16H10N4O4S. The molecule has 1 aromatic carbocycles. The number of nitrogens with one attached hydrogen (secondary N) is 1. The maximum Gasteiger partial charge on any atom is 0.322 e. The molecule has 0 saturated carbocycles. The fourth-order valence-corrected chi connectivity index (χ4v) is 3.16. The lowest BCUT2D eigenvalue weighted by atomic mass is 10.2. The number of hydrogen-bond donors (Lipinski definition) is 3. The van der Waals surface area contributed by atoms with Crippen molar-refractivity contribution in [3.05, 3.63) is 41.7 Å². The van der Waals surface area contributed by atoms with Crippen molar-refractivity contribution in [2.45, 2.75) is 0 Å². The van der Waals surface area contributed by atoms with E-state index in [0.29, 0.717) is 5.01 Å². The summed E-state index contributed by atoms with van der Waals surface area (Å²) in [6.45, 7) is -0.627. The number of pyridine rings is 1. The Morgan fingerprint density at radius 1 is 1.24 bits per heavy atom. The number of nitriles is 1. The molecule has 1 amide bonds. The Hall–Kier alpha value is -3.51. The zero-order valence-electron chi connectivity index (χ0n) is 12.6. The van der Waals surface area contributed by atoms with Crippen LogP contribution in [-0.4, -0.2) is 38.6 Å². The summed E-state index contributed by atoms with van der Waals surface area (Å²) in [4.78, 5) is 30.8. The van der Waals surface area contributed by atoms with Gasteiger partial charge in [-0.25, -0.2) is 9.97 Å². The van der Waals surface area contributed by atoms with Gasteiger partial charge in [0.05, 0.1) is 0 Å². The van der Waals surface area contributed by atoms with Crippen molar-refractivity contribution in [2.75, 3.05) is 6.54 Å². The third-order valence-corrected chi connectivity index (χ3v) is 4.37. The minimum atomic E-state index is -1.24. The lowest BCUT2D eigenvalue weighted by Crippen LogP contribution is -2.30. The van der Waals surface area contributed by atoms with Crippen molar-refractivity contribution >= 4 is 33.4 Å². The SMILES string of the molecule is N#Cc1nc(C(=O)NCC(=O)O)c(O)c2sc(-c3ccccc3)nc12. The molecule has 2 heterocycles. The maximum absolute atomic E-state index is 12.0. The predicted molar refractivity (Wildman–Crippen MR) is 89.2 cm³/mol. The van der Waals surface area contributed by atoms with Crippen LogP contribution in [0, 0.1) is 11.3 Å². The summed E-state index contributed by atoms with van der Waals surface area (Å²) in [7, 11) is 0. The number of nitrogens with zero attached hydrogens (tertiary/aromatic N) is 3. The average Bonchev–Trinajstić information content (AvgIpc) is 3.07. The van der Waals surface area contributed by atoms with Crippen molar-refractivity contribution < 1.29 is 19.8 Å². The van der Waals surface area contributed by atoms with Gasteiger partial charge in [0, 0.05) is 5.56 Å². The van der Waals surface area contributed by atoms with E-state index < -0.39 is 29.9 Å². The quantitative estimate of drug-likeness (QED) is 0.649. The van der Waals surface area contributed by atoms with Crippen molar-refractivity contribution in [3.63, 3.8) is 0 Å².